The van der Waals surface area contributed by atoms with E-state index in [1.807, 2.05) is 11.7 Å². The summed E-state index contributed by atoms with van der Waals surface area (Å²) in [5.41, 5.74) is 8.63. The Balaban J connectivity index is 2.16. The molecule has 1 atom stereocenters. The first kappa shape index (κ1) is 12.2. The van der Waals surface area contributed by atoms with Crippen LogP contribution >= 0.6 is 11.3 Å². The number of aromatic nitrogens is 1. The van der Waals surface area contributed by atoms with Crippen LogP contribution in [-0.4, -0.2) is 4.98 Å². The van der Waals surface area contributed by atoms with Crippen LogP contribution in [0.4, 0.5) is 0 Å². The molecule has 0 bridgehead atoms. The maximum absolute atomic E-state index is 5.61. The number of rotatable bonds is 4. The van der Waals surface area contributed by atoms with Gasteiger partial charge in [0.15, 0.2) is 0 Å². The summed E-state index contributed by atoms with van der Waals surface area (Å²) in [7, 11) is 0. The fraction of sp³-hybridized carbons (Fsp3) is 0.308. The second kappa shape index (κ2) is 5.40. The molecule has 0 fully saturated rings. The zero-order valence-corrected chi connectivity index (χ0v) is 10.9. The maximum Gasteiger partial charge on any atom is 0.0794 e. The summed E-state index contributed by atoms with van der Waals surface area (Å²) < 4.78 is 0. The van der Waals surface area contributed by atoms with Crippen LogP contribution in [-0.2, 0) is 6.42 Å². The summed E-state index contributed by atoms with van der Waals surface area (Å²) in [5.74, 6) is 5.61. The monoisotopic (exact) mass is 247 g/mol. The van der Waals surface area contributed by atoms with Crippen molar-refractivity contribution < 1.29 is 0 Å². The van der Waals surface area contributed by atoms with Crippen LogP contribution in [0.5, 0.6) is 0 Å². The van der Waals surface area contributed by atoms with Gasteiger partial charge in [0, 0.05) is 11.1 Å². The number of nitrogens with zero attached hydrogens (tertiary/aromatic N) is 1. The van der Waals surface area contributed by atoms with Crippen LogP contribution in [0.3, 0.4) is 0 Å². The van der Waals surface area contributed by atoms with Gasteiger partial charge in [0.1, 0.15) is 0 Å². The van der Waals surface area contributed by atoms with E-state index in [4.69, 9.17) is 5.84 Å². The molecule has 4 heteroatoms. The van der Waals surface area contributed by atoms with Gasteiger partial charge in [-0.25, -0.2) is 0 Å². The second-order valence-electron chi connectivity index (χ2n) is 4.25. The van der Waals surface area contributed by atoms with Crippen LogP contribution in [0.25, 0.3) is 0 Å². The van der Waals surface area contributed by atoms with Crippen LogP contribution in [0.2, 0.25) is 0 Å². The van der Waals surface area contributed by atoms with Gasteiger partial charge in [-0.15, -0.1) is 11.3 Å². The van der Waals surface area contributed by atoms with Crippen molar-refractivity contribution in [1.29, 1.82) is 0 Å². The number of hydrazine groups is 1. The number of nitrogens with two attached hydrogens (primary N) is 1. The Morgan fingerprint density at radius 1 is 1.35 bits per heavy atom. The summed E-state index contributed by atoms with van der Waals surface area (Å²) in [6, 6.07) is 6.68. The minimum Gasteiger partial charge on any atom is -0.271 e. The minimum atomic E-state index is 0.143. The van der Waals surface area contributed by atoms with E-state index < -0.39 is 0 Å². The minimum absolute atomic E-state index is 0.143. The molecule has 0 amide bonds. The molecule has 0 spiro atoms. The molecule has 2 rings (SSSR count). The molecule has 0 radical (unpaired) electrons. The molecular weight excluding hydrogens is 230 g/mol. The van der Waals surface area contributed by atoms with Crippen molar-refractivity contribution in [2.45, 2.75) is 26.3 Å². The summed E-state index contributed by atoms with van der Waals surface area (Å²) in [6.45, 7) is 4.26. The highest BCUT2D eigenvalue weighted by atomic mass is 32.1. The Labute approximate surface area is 106 Å². The highest BCUT2D eigenvalue weighted by molar-refractivity contribution is 7.09. The van der Waals surface area contributed by atoms with Gasteiger partial charge in [-0.3, -0.25) is 16.3 Å². The second-order valence-corrected chi connectivity index (χ2v) is 5.16. The average Bonchev–Trinajstić information content (AvgIpc) is 2.84. The first-order chi connectivity index (χ1) is 8.20. The van der Waals surface area contributed by atoms with Crippen LogP contribution < -0.4 is 11.3 Å². The topological polar surface area (TPSA) is 50.9 Å². The van der Waals surface area contributed by atoms with Crippen LogP contribution in [0.1, 0.15) is 27.6 Å². The van der Waals surface area contributed by atoms with Gasteiger partial charge in [0.05, 0.1) is 11.6 Å². The van der Waals surface area contributed by atoms with E-state index in [0.29, 0.717) is 0 Å². The zero-order chi connectivity index (χ0) is 12.3. The lowest BCUT2D eigenvalue weighted by Gasteiger charge is -2.14. The predicted molar refractivity (Wildman–Crippen MR) is 71.8 cm³/mol. The Kier molecular flexibility index (Phi) is 3.89. The number of hydrogen-bond acceptors (Lipinski definition) is 4. The van der Waals surface area contributed by atoms with Gasteiger partial charge in [-0.05, 0) is 37.0 Å². The lowest BCUT2D eigenvalue weighted by atomic mass is 10.0. The standard InChI is InChI=1S/C13H17N3S/c1-9-3-4-11(5-10(9)2)6-12(16-14)13-7-15-8-17-13/h3-5,7-8,12,16H,6,14H2,1-2H3. The Morgan fingerprint density at radius 3 is 2.76 bits per heavy atom. The van der Waals surface area contributed by atoms with Crippen molar-refractivity contribution >= 4 is 11.3 Å². The number of hydrogen-bond donors (Lipinski definition) is 2. The average molecular weight is 247 g/mol. The highest BCUT2D eigenvalue weighted by Crippen LogP contribution is 2.22. The molecule has 1 unspecified atom stereocenters. The van der Waals surface area contributed by atoms with Crippen molar-refractivity contribution in [3.05, 3.63) is 51.5 Å². The lowest BCUT2D eigenvalue weighted by molar-refractivity contribution is 0.559. The van der Waals surface area contributed by atoms with Crippen LogP contribution in [0.15, 0.2) is 29.9 Å². The van der Waals surface area contributed by atoms with E-state index in [1.54, 1.807) is 11.3 Å². The third kappa shape index (κ3) is 2.91. The van der Waals surface area contributed by atoms with Crippen LogP contribution in [0, 0.1) is 13.8 Å². The summed E-state index contributed by atoms with van der Waals surface area (Å²) >= 11 is 1.63. The van der Waals surface area contributed by atoms with Gasteiger partial charge in [0.2, 0.25) is 0 Å². The molecule has 3 nitrogen and oxygen atoms in total. The molecule has 0 saturated heterocycles. The lowest BCUT2D eigenvalue weighted by Crippen LogP contribution is -2.29. The van der Waals surface area contributed by atoms with Crippen molar-refractivity contribution in [2.75, 3.05) is 0 Å². The molecule has 90 valence electrons. The molecular formula is C13H17N3S. The maximum atomic E-state index is 5.61. The smallest absolute Gasteiger partial charge is 0.0794 e. The van der Waals surface area contributed by atoms with Gasteiger partial charge >= 0.3 is 0 Å². The van der Waals surface area contributed by atoms with Gasteiger partial charge < -0.3 is 0 Å². The normalized spacial score (nSPS) is 12.6. The van der Waals surface area contributed by atoms with E-state index in [9.17, 15) is 0 Å². The third-order valence-electron chi connectivity index (χ3n) is 3.01. The Hall–Kier alpha value is -1.23. The fourth-order valence-corrected chi connectivity index (χ4v) is 2.49. The van der Waals surface area contributed by atoms with Crippen molar-refractivity contribution in [3.8, 4) is 0 Å². The largest absolute Gasteiger partial charge is 0.271 e. The Bertz CT molecular complexity index is 479. The number of benzene rings is 1. The molecule has 3 N–H and O–H groups in total. The van der Waals surface area contributed by atoms with Crippen molar-refractivity contribution in [1.82, 2.24) is 10.4 Å². The van der Waals surface area contributed by atoms with Gasteiger partial charge in [-0.2, -0.15) is 0 Å². The summed E-state index contributed by atoms with van der Waals surface area (Å²) in [4.78, 5) is 5.26. The molecule has 2 aromatic rings. The van der Waals surface area contributed by atoms with E-state index in [0.717, 1.165) is 6.42 Å². The quantitative estimate of drug-likeness (QED) is 0.644. The number of aryl methyl sites for hydroxylation is 2. The van der Waals surface area contributed by atoms with Gasteiger partial charge in [0.25, 0.3) is 0 Å². The SMILES string of the molecule is Cc1ccc(CC(NN)c2cncs2)cc1C. The number of thiazole rings is 1. The third-order valence-corrected chi connectivity index (χ3v) is 3.90. The number of nitrogens with one attached hydrogen (secondary N) is 1. The molecule has 17 heavy (non-hydrogen) atoms. The summed E-state index contributed by atoms with van der Waals surface area (Å²) in [5, 5.41) is 0. The molecule has 1 aromatic carbocycles. The van der Waals surface area contributed by atoms with Crippen molar-refractivity contribution in [2.24, 2.45) is 5.84 Å². The zero-order valence-electron chi connectivity index (χ0n) is 10.1. The first-order valence-corrected chi connectivity index (χ1v) is 6.49. The predicted octanol–water partition coefficient (Wildman–Crippen LogP) is 2.51. The molecule has 0 aliphatic rings. The van der Waals surface area contributed by atoms with Crippen molar-refractivity contribution in [3.63, 3.8) is 0 Å². The summed E-state index contributed by atoms with van der Waals surface area (Å²) in [6.07, 6.45) is 2.76. The van der Waals surface area contributed by atoms with E-state index in [-0.39, 0.29) is 6.04 Å². The fourth-order valence-electron chi connectivity index (χ4n) is 1.81. The Morgan fingerprint density at radius 2 is 2.18 bits per heavy atom. The van der Waals surface area contributed by atoms with E-state index in [1.165, 1.54) is 21.6 Å². The molecule has 0 aliphatic heterocycles. The van der Waals surface area contributed by atoms with E-state index in [2.05, 4.69) is 42.5 Å². The highest BCUT2D eigenvalue weighted by Gasteiger charge is 2.12. The molecule has 1 heterocycles. The molecule has 0 saturated carbocycles. The molecule has 1 aromatic heterocycles. The van der Waals surface area contributed by atoms with E-state index >= 15 is 0 Å². The van der Waals surface area contributed by atoms with Gasteiger partial charge in [-0.1, -0.05) is 18.2 Å². The molecule has 0 aliphatic carbocycles. The first-order valence-electron chi connectivity index (χ1n) is 5.61.